The first-order valence-electron chi connectivity index (χ1n) is 9.03. The lowest BCUT2D eigenvalue weighted by molar-refractivity contribution is 0.445. The Morgan fingerprint density at radius 2 is 2.07 bits per heavy atom. The quantitative estimate of drug-likeness (QED) is 0.647. The number of aromatic nitrogens is 5. The molecule has 0 radical (unpaired) electrons. The average Bonchev–Trinajstić information content (AvgIpc) is 3.09. The minimum atomic E-state index is -0.867. The third-order valence-corrected chi connectivity index (χ3v) is 5.28. The van der Waals surface area contributed by atoms with Crippen molar-refractivity contribution in [2.75, 3.05) is 0 Å². The first-order chi connectivity index (χ1) is 14.3. The van der Waals surface area contributed by atoms with E-state index in [1.54, 1.807) is 19.1 Å². The molecule has 1 aromatic carbocycles. The largest absolute Gasteiger partial charge is 0.435 e. The van der Waals surface area contributed by atoms with Crippen LogP contribution >= 0.6 is 11.6 Å². The normalized spacial score (nSPS) is 14.9. The van der Waals surface area contributed by atoms with Gasteiger partial charge in [0.15, 0.2) is 5.75 Å². The molecule has 0 bridgehead atoms. The minimum Gasteiger partial charge on any atom is -0.435 e. The zero-order valence-electron chi connectivity index (χ0n) is 15.9. The number of hydrogen-bond acceptors (Lipinski definition) is 7. The van der Waals surface area contributed by atoms with Crippen LogP contribution in [0.15, 0.2) is 26.5 Å². The molecule has 1 aliphatic rings. The second-order valence-corrected chi connectivity index (χ2v) is 7.40. The van der Waals surface area contributed by atoms with Crippen molar-refractivity contribution in [2.45, 2.75) is 32.6 Å². The summed E-state index contributed by atoms with van der Waals surface area (Å²) in [6.07, 6.45) is 1.50. The van der Waals surface area contributed by atoms with Crippen LogP contribution in [-0.2, 0) is 6.42 Å². The zero-order chi connectivity index (χ0) is 21.6. The topological polar surface area (TPSA) is 147 Å². The lowest BCUT2D eigenvalue weighted by Crippen LogP contribution is -2.33. The number of ether oxygens (including phenoxy) is 1. The number of aromatic amines is 2. The molecule has 1 atom stereocenters. The maximum atomic E-state index is 12.1. The average molecular weight is 427 g/mol. The molecule has 0 aliphatic heterocycles. The summed E-state index contributed by atoms with van der Waals surface area (Å²) in [5, 5.41) is 19.4. The minimum absolute atomic E-state index is 0.112. The molecule has 11 heteroatoms. The van der Waals surface area contributed by atoms with Crippen molar-refractivity contribution in [3.05, 3.63) is 70.7 Å². The summed E-state index contributed by atoms with van der Waals surface area (Å²) in [5.41, 5.74) is -0.130. The van der Waals surface area contributed by atoms with Crippen LogP contribution in [0.4, 0.5) is 0 Å². The predicted molar refractivity (Wildman–Crippen MR) is 107 cm³/mol. The summed E-state index contributed by atoms with van der Waals surface area (Å²) in [6.45, 7) is 3.68. The molecule has 4 rings (SSSR count). The standard InChI is InChI=1S/C19H15ClN6O4/c1-8-3-4-11-14(8)17(28)23-24-18(11)30-15-9(2)5-10(6-12(15)20)26-19(29)22-16(27)13(7-21)25-26/h5-6,8H,3-4H2,1-2H3,(H,23,28)(H,22,27,29)/t8-/m0/s1. The number of benzene rings is 1. The highest BCUT2D eigenvalue weighted by atomic mass is 35.5. The summed E-state index contributed by atoms with van der Waals surface area (Å²) in [5.74, 6) is 0.693. The van der Waals surface area contributed by atoms with Gasteiger partial charge < -0.3 is 4.74 Å². The highest BCUT2D eigenvalue weighted by molar-refractivity contribution is 6.32. The number of aryl methyl sites for hydroxylation is 1. The number of halogens is 1. The van der Waals surface area contributed by atoms with Crippen molar-refractivity contribution >= 4 is 11.6 Å². The Balaban J connectivity index is 1.78. The van der Waals surface area contributed by atoms with Gasteiger partial charge in [-0.2, -0.15) is 9.94 Å². The predicted octanol–water partition coefficient (Wildman–Crippen LogP) is 1.68. The van der Waals surface area contributed by atoms with E-state index in [-0.39, 0.29) is 28.1 Å². The first-order valence-corrected chi connectivity index (χ1v) is 9.41. The van der Waals surface area contributed by atoms with E-state index in [1.165, 1.54) is 6.07 Å². The Hall–Kier alpha value is -3.71. The van der Waals surface area contributed by atoms with Crippen LogP contribution in [0, 0.1) is 18.3 Å². The van der Waals surface area contributed by atoms with E-state index in [9.17, 15) is 14.4 Å². The van der Waals surface area contributed by atoms with Gasteiger partial charge in [-0.15, -0.1) is 10.2 Å². The van der Waals surface area contributed by atoms with Crippen molar-refractivity contribution in [1.29, 1.82) is 5.26 Å². The van der Waals surface area contributed by atoms with Gasteiger partial charge in [-0.05, 0) is 43.4 Å². The van der Waals surface area contributed by atoms with E-state index < -0.39 is 16.9 Å². The second-order valence-electron chi connectivity index (χ2n) is 7.00. The van der Waals surface area contributed by atoms with Crippen LogP contribution in [0.25, 0.3) is 5.69 Å². The van der Waals surface area contributed by atoms with Crippen molar-refractivity contribution in [3.63, 3.8) is 0 Å². The molecule has 152 valence electrons. The van der Waals surface area contributed by atoms with Gasteiger partial charge in [-0.3, -0.25) is 14.6 Å². The molecule has 2 aromatic heterocycles. The van der Waals surface area contributed by atoms with E-state index in [1.807, 2.05) is 11.9 Å². The fraction of sp³-hybridized carbons (Fsp3) is 0.263. The lowest BCUT2D eigenvalue weighted by Gasteiger charge is -2.14. The van der Waals surface area contributed by atoms with Crippen LogP contribution in [0.1, 0.15) is 41.6 Å². The smallest absolute Gasteiger partial charge is 0.349 e. The Bertz CT molecular complexity index is 1370. The molecule has 10 nitrogen and oxygen atoms in total. The molecule has 0 spiro atoms. The molecule has 0 amide bonds. The van der Waals surface area contributed by atoms with Crippen molar-refractivity contribution in [1.82, 2.24) is 25.0 Å². The van der Waals surface area contributed by atoms with Crippen LogP contribution in [0.5, 0.6) is 11.6 Å². The number of nitriles is 1. The van der Waals surface area contributed by atoms with Gasteiger partial charge in [0.25, 0.3) is 11.1 Å². The Morgan fingerprint density at radius 1 is 1.30 bits per heavy atom. The molecule has 2 heterocycles. The fourth-order valence-corrected chi connectivity index (χ4v) is 3.84. The summed E-state index contributed by atoms with van der Waals surface area (Å²) < 4.78 is 6.82. The lowest BCUT2D eigenvalue weighted by atomic mass is 10.1. The van der Waals surface area contributed by atoms with Crippen LogP contribution in [0.3, 0.4) is 0 Å². The monoisotopic (exact) mass is 426 g/mol. The molecule has 0 saturated heterocycles. The van der Waals surface area contributed by atoms with Crippen molar-refractivity contribution < 1.29 is 4.74 Å². The number of nitrogens with one attached hydrogen (secondary N) is 2. The Labute approximate surface area is 173 Å². The zero-order valence-corrected chi connectivity index (χ0v) is 16.7. The first kappa shape index (κ1) is 19.6. The molecule has 1 aliphatic carbocycles. The number of nitrogens with zero attached hydrogens (tertiary/aromatic N) is 4. The SMILES string of the molecule is Cc1cc(-n2nc(C#N)c(=O)[nH]c2=O)cc(Cl)c1Oc1n[nH]c(=O)c2c1CC[C@@H]2C. The molecular weight excluding hydrogens is 412 g/mol. The van der Waals surface area contributed by atoms with Crippen LogP contribution in [-0.4, -0.2) is 25.0 Å². The van der Waals surface area contributed by atoms with E-state index in [0.29, 0.717) is 23.3 Å². The van der Waals surface area contributed by atoms with Gasteiger partial charge in [0.05, 0.1) is 10.7 Å². The van der Waals surface area contributed by atoms with E-state index >= 15 is 0 Å². The van der Waals surface area contributed by atoms with E-state index in [2.05, 4.69) is 15.3 Å². The van der Waals surface area contributed by atoms with Gasteiger partial charge in [0.2, 0.25) is 11.6 Å². The van der Waals surface area contributed by atoms with E-state index in [4.69, 9.17) is 21.6 Å². The summed E-state index contributed by atoms with van der Waals surface area (Å²) in [6, 6.07) is 4.62. The number of fused-ring (bicyclic) bond motifs is 1. The van der Waals surface area contributed by atoms with Gasteiger partial charge in [-0.25, -0.2) is 9.89 Å². The molecule has 0 fully saturated rings. The van der Waals surface area contributed by atoms with E-state index in [0.717, 1.165) is 16.7 Å². The third kappa shape index (κ3) is 3.19. The molecule has 0 saturated carbocycles. The van der Waals surface area contributed by atoms with Crippen molar-refractivity contribution in [2.24, 2.45) is 0 Å². The maximum absolute atomic E-state index is 12.1. The van der Waals surface area contributed by atoms with Crippen molar-refractivity contribution in [3.8, 4) is 23.4 Å². The molecule has 2 N–H and O–H groups in total. The molecule has 30 heavy (non-hydrogen) atoms. The summed E-state index contributed by atoms with van der Waals surface area (Å²) in [7, 11) is 0. The van der Waals surface area contributed by atoms with Gasteiger partial charge in [0.1, 0.15) is 6.07 Å². The molecule has 0 unspecified atom stereocenters. The molecular formula is C19H15ClN6O4. The number of rotatable bonds is 3. The Kier molecular flexibility index (Phi) is 4.75. The highest BCUT2D eigenvalue weighted by Crippen LogP contribution is 2.39. The third-order valence-electron chi connectivity index (χ3n) is 5.00. The van der Waals surface area contributed by atoms with Gasteiger partial charge in [0, 0.05) is 11.1 Å². The van der Waals surface area contributed by atoms with Gasteiger partial charge >= 0.3 is 5.69 Å². The number of hydrogen-bond donors (Lipinski definition) is 2. The summed E-state index contributed by atoms with van der Waals surface area (Å²) >= 11 is 6.40. The van der Waals surface area contributed by atoms with Crippen LogP contribution < -0.4 is 21.5 Å². The summed E-state index contributed by atoms with van der Waals surface area (Å²) in [4.78, 5) is 37.8. The van der Waals surface area contributed by atoms with Crippen LogP contribution in [0.2, 0.25) is 5.02 Å². The highest BCUT2D eigenvalue weighted by Gasteiger charge is 2.27. The number of H-pyrrole nitrogens is 2. The van der Waals surface area contributed by atoms with Gasteiger partial charge in [-0.1, -0.05) is 18.5 Å². The fourth-order valence-electron chi connectivity index (χ4n) is 3.54. The Morgan fingerprint density at radius 3 is 2.77 bits per heavy atom. The second kappa shape index (κ2) is 7.27. The maximum Gasteiger partial charge on any atom is 0.349 e. The molecule has 3 aromatic rings.